The second-order valence-electron chi connectivity index (χ2n) is 13.7. The standard InChI is InChI=1S/C40H56O2/c1-29(17-13-19-31(3)21-23-37-33(5)25-35(41)27-39(37,7)8)15-11-12-16-30(2)18-14-20-32(4)22-24-38-34(6)26-36(42)28-40(38,9)10/h11-24,35-36,41-42H,25-28H2,1-10H3/b12-11?,17-13+,18-14?,23-21?,24-22?,29-15+,30-16?,31-19+,32-20?/t35-,36-/m1/s1. The van der Waals surface area contributed by atoms with E-state index < -0.39 is 0 Å². The van der Waals surface area contributed by atoms with E-state index in [1.165, 1.54) is 44.6 Å². The van der Waals surface area contributed by atoms with Gasteiger partial charge in [0.1, 0.15) is 0 Å². The molecule has 0 saturated heterocycles. The van der Waals surface area contributed by atoms with Crippen LogP contribution in [0.1, 0.15) is 94.9 Å². The van der Waals surface area contributed by atoms with Gasteiger partial charge in [-0.15, -0.1) is 0 Å². The highest BCUT2D eigenvalue weighted by atomic mass is 16.3. The average molecular weight is 569 g/mol. The van der Waals surface area contributed by atoms with Crippen molar-refractivity contribution >= 4 is 0 Å². The molecule has 2 rings (SSSR count). The van der Waals surface area contributed by atoms with E-state index in [1.54, 1.807) is 0 Å². The number of hydrogen-bond donors (Lipinski definition) is 2. The zero-order valence-electron chi connectivity index (χ0n) is 28.0. The lowest BCUT2D eigenvalue weighted by atomic mass is 9.71. The van der Waals surface area contributed by atoms with Crippen LogP contribution >= 0.6 is 0 Å². The predicted molar refractivity (Wildman–Crippen MR) is 184 cm³/mol. The lowest BCUT2D eigenvalue weighted by molar-refractivity contribution is 0.116. The van der Waals surface area contributed by atoms with E-state index in [0.717, 1.165) is 25.7 Å². The van der Waals surface area contributed by atoms with Crippen LogP contribution in [0.5, 0.6) is 0 Å². The van der Waals surface area contributed by atoms with Gasteiger partial charge in [-0.2, -0.15) is 0 Å². The minimum atomic E-state index is -0.227. The van der Waals surface area contributed by atoms with Gasteiger partial charge in [0.25, 0.3) is 0 Å². The molecule has 0 spiro atoms. The van der Waals surface area contributed by atoms with E-state index in [2.05, 4.69) is 154 Å². The molecule has 228 valence electrons. The second kappa shape index (κ2) is 16.1. The lowest BCUT2D eigenvalue weighted by Crippen LogP contribution is -2.28. The Morgan fingerprint density at radius 2 is 0.857 bits per heavy atom. The molecule has 0 aliphatic heterocycles. The molecule has 0 aromatic rings. The molecule has 2 aliphatic rings. The Morgan fingerprint density at radius 1 is 0.548 bits per heavy atom. The van der Waals surface area contributed by atoms with Crippen molar-refractivity contribution in [3.63, 3.8) is 0 Å². The largest absolute Gasteiger partial charge is 0.393 e. The summed E-state index contributed by atoms with van der Waals surface area (Å²) in [4.78, 5) is 0. The molecule has 0 bridgehead atoms. The first kappa shape index (κ1) is 35.3. The molecule has 0 saturated carbocycles. The number of hydrogen-bond acceptors (Lipinski definition) is 2. The molecule has 0 radical (unpaired) electrons. The summed E-state index contributed by atoms with van der Waals surface area (Å²) in [5, 5.41) is 20.2. The van der Waals surface area contributed by atoms with Crippen LogP contribution in [0.2, 0.25) is 0 Å². The van der Waals surface area contributed by atoms with Crippen molar-refractivity contribution in [1.29, 1.82) is 0 Å². The Hall–Kier alpha value is -2.94. The Morgan fingerprint density at radius 3 is 1.19 bits per heavy atom. The van der Waals surface area contributed by atoms with Gasteiger partial charge in [-0.1, -0.05) is 146 Å². The SMILES string of the molecule is CC(C=CC=C(C)C=CC1=C(C)C[C@@H](O)CC1(C)C)=CC=C/C=C(C)/C=C/C=C(\C)C=CC1=C(C)C[C@@H](O)CC1(C)C. The van der Waals surface area contributed by atoms with Crippen LogP contribution < -0.4 is 0 Å². The molecule has 2 atom stereocenters. The van der Waals surface area contributed by atoms with Crippen molar-refractivity contribution in [2.24, 2.45) is 10.8 Å². The van der Waals surface area contributed by atoms with Gasteiger partial charge >= 0.3 is 0 Å². The molecule has 0 fully saturated rings. The summed E-state index contributed by atoms with van der Waals surface area (Å²) < 4.78 is 0. The van der Waals surface area contributed by atoms with E-state index in [1.807, 2.05) is 0 Å². The maximum atomic E-state index is 10.1. The van der Waals surface area contributed by atoms with Gasteiger partial charge in [-0.25, -0.2) is 0 Å². The molecule has 0 aromatic carbocycles. The summed E-state index contributed by atoms with van der Waals surface area (Å²) in [6.45, 7) is 21.6. The first-order chi connectivity index (χ1) is 19.6. The number of allylic oxidation sites excluding steroid dienone is 20. The predicted octanol–water partition coefficient (Wildman–Crippen LogP) is 10.5. The number of rotatable bonds is 10. The van der Waals surface area contributed by atoms with Crippen LogP contribution in [0.4, 0.5) is 0 Å². The molecule has 0 amide bonds. The van der Waals surface area contributed by atoms with Crippen LogP contribution in [0.15, 0.2) is 130 Å². The molecule has 0 unspecified atom stereocenters. The highest BCUT2D eigenvalue weighted by molar-refractivity contribution is 5.39. The van der Waals surface area contributed by atoms with Crippen LogP contribution in [0.3, 0.4) is 0 Å². The lowest BCUT2D eigenvalue weighted by Gasteiger charge is -2.35. The molecule has 2 N–H and O–H groups in total. The average Bonchev–Trinajstić information content (AvgIpc) is 2.84. The monoisotopic (exact) mass is 568 g/mol. The van der Waals surface area contributed by atoms with E-state index in [4.69, 9.17) is 0 Å². The van der Waals surface area contributed by atoms with E-state index in [9.17, 15) is 10.2 Å². The fourth-order valence-electron chi connectivity index (χ4n) is 6.13. The highest BCUT2D eigenvalue weighted by Gasteiger charge is 2.32. The summed E-state index contributed by atoms with van der Waals surface area (Å²) in [5.74, 6) is 0. The molecular weight excluding hydrogens is 512 g/mol. The van der Waals surface area contributed by atoms with Crippen LogP contribution in [-0.4, -0.2) is 22.4 Å². The van der Waals surface area contributed by atoms with E-state index in [0.29, 0.717) is 0 Å². The molecule has 2 heteroatoms. The zero-order valence-corrected chi connectivity index (χ0v) is 28.0. The fourth-order valence-corrected chi connectivity index (χ4v) is 6.13. The van der Waals surface area contributed by atoms with E-state index in [-0.39, 0.29) is 23.0 Å². The van der Waals surface area contributed by atoms with Crippen molar-refractivity contribution in [2.75, 3.05) is 0 Å². The van der Waals surface area contributed by atoms with Crippen molar-refractivity contribution < 1.29 is 10.2 Å². The minimum Gasteiger partial charge on any atom is -0.393 e. The summed E-state index contributed by atoms with van der Waals surface area (Å²) in [5.41, 5.74) is 10.1. The zero-order chi connectivity index (χ0) is 31.5. The van der Waals surface area contributed by atoms with Crippen molar-refractivity contribution in [3.05, 3.63) is 130 Å². The Bertz CT molecular complexity index is 1190. The quantitative estimate of drug-likeness (QED) is 0.257. The van der Waals surface area contributed by atoms with Gasteiger partial charge < -0.3 is 10.2 Å². The van der Waals surface area contributed by atoms with Crippen molar-refractivity contribution in [1.82, 2.24) is 0 Å². The molecule has 2 nitrogen and oxygen atoms in total. The van der Waals surface area contributed by atoms with Gasteiger partial charge in [0, 0.05) is 0 Å². The van der Waals surface area contributed by atoms with Gasteiger partial charge in [-0.3, -0.25) is 0 Å². The molecule has 0 aromatic heterocycles. The normalized spacial score (nSPS) is 25.0. The Balaban J connectivity index is 1.90. The van der Waals surface area contributed by atoms with Crippen molar-refractivity contribution in [3.8, 4) is 0 Å². The summed E-state index contributed by atoms with van der Waals surface area (Å²) in [6.07, 6.45) is 32.6. The Labute approximate surface area is 257 Å². The van der Waals surface area contributed by atoms with Crippen LogP contribution in [0, 0.1) is 10.8 Å². The molecule has 0 heterocycles. The van der Waals surface area contributed by atoms with Gasteiger partial charge in [-0.05, 0) is 89.2 Å². The number of aliphatic hydroxyl groups is 2. The minimum absolute atomic E-state index is 0.00547. The van der Waals surface area contributed by atoms with Crippen LogP contribution in [-0.2, 0) is 0 Å². The first-order valence-corrected chi connectivity index (χ1v) is 15.5. The van der Waals surface area contributed by atoms with Gasteiger partial charge in [0.05, 0.1) is 12.2 Å². The summed E-state index contributed by atoms with van der Waals surface area (Å²) >= 11 is 0. The highest BCUT2D eigenvalue weighted by Crippen LogP contribution is 2.42. The van der Waals surface area contributed by atoms with Crippen LogP contribution in [0.25, 0.3) is 0 Å². The fraction of sp³-hybridized carbons (Fsp3) is 0.450. The molecule has 2 aliphatic carbocycles. The summed E-state index contributed by atoms with van der Waals surface area (Å²) in [6, 6.07) is 0. The Kier molecular flexibility index (Phi) is 13.5. The number of aliphatic hydroxyl groups excluding tert-OH is 2. The topological polar surface area (TPSA) is 40.5 Å². The molecular formula is C40H56O2. The van der Waals surface area contributed by atoms with Crippen molar-refractivity contribution in [2.45, 2.75) is 107 Å². The van der Waals surface area contributed by atoms with Gasteiger partial charge in [0.2, 0.25) is 0 Å². The maximum Gasteiger partial charge on any atom is 0.0585 e. The first-order valence-electron chi connectivity index (χ1n) is 15.5. The summed E-state index contributed by atoms with van der Waals surface area (Å²) in [7, 11) is 0. The third-order valence-corrected chi connectivity index (χ3v) is 8.24. The second-order valence-corrected chi connectivity index (χ2v) is 13.7. The molecule has 42 heavy (non-hydrogen) atoms. The van der Waals surface area contributed by atoms with E-state index >= 15 is 0 Å². The smallest absolute Gasteiger partial charge is 0.0585 e. The third kappa shape index (κ3) is 11.7. The maximum absolute atomic E-state index is 10.1. The van der Waals surface area contributed by atoms with Gasteiger partial charge in [0.15, 0.2) is 0 Å². The third-order valence-electron chi connectivity index (χ3n) is 8.24.